The van der Waals surface area contributed by atoms with Crippen LogP contribution in [0.15, 0.2) is 60.1 Å². The molecule has 0 bridgehead atoms. The van der Waals surface area contributed by atoms with Gasteiger partial charge in [-0.15, -0.1) is 6.58 Å². The molecule has 0 radical (unpaired) electrons. The van der Waals surface area contributed by atoms with Crippen LogP contribution in [0.3, 0.4) is 0 Å². The summed E-state index contributed by atoms with van der Waals surface area (Å²) in [6.45, 7) is 8.52. The van der Waals surface area contributed by atoms with Gasteiger partial charge in [-0.05, 0) is 42.7 Å². The first-order valence-electron chi connectivity index (χ1n) is 8.02. The predicted molar refractivity (Wildman–Crippen MR) is 100 cm³/mol. The monoisotopic (exact) mass is 336 g/mol. The van der Waals surface area contributed by atoms with E-state index in [0.29, 0.717) is 16.9 Å². The van der Waals surface area contributed by atoms with Crippen molar-refractivity contribution in [2.75, 3.05) is 0 Å². The van der Waals surface area contributed by atoms with E-state index in [1.807, 2.05) is 41.8 Å². The van der Waals surface area contributed by atoms with Crippen LogP contribution in [0.5, 0.6) is 0 Å². The highest BCUT2D eigenvalue weighted by Crippen LogP contribution is 2.20. The molecule has 0 spiro atoms. The number of carbonyl (C=O) groups is 1. The predicted octanol–water partition coefficient (Wildman–Crippen LogP) is 4.50. The fourth-order valence-corrected chi connectivity index (χ4v) is 3.79. The van der Waals surface area contributed by atoms with Crippen LogP contribution in [0.25, 0.3) is 10.2 Å². The van der Waals surface area contributed by atoms with Crippen molar-refractivity contribution in [3.63, 3.8) is 0 Å². The van der Waals surface area contributed by atoms with Gasteiger partial charge in [-0.3, -0.25) is 4.79 Å². The maximum Gasteiger partial charge on any atom is 0.279 e. The van der Waals surface area contributed by atoms with Gasteiger partial charge in [0.05, 0.1) is 10.2 Å². The molecular formula is C20H20N2OS. The average Bonchev–Trinajstić information content (AvgIpc) is 2.92. The second-order valence-corrected chi connectivity index (χ2v) is 6.68. The van der Waals surface area contributed by atoms with Crippen LogP contribution >= 0.6 is 11.3 Å². The topological polar surface area (TPSA) is 34.4 Å². The van der Waals surface area contributed by atoms with Crippen molar-refractivity contribution in [3.8, 4) is 0 Å². The number of hydrogen-bond donors (Lipinski definition) is 0. The lowest BCUT2D eigenvalue weighted by atomic mass is 10.1. The first kappa shape index (κ1) is 16.4. The van der Waals surface area contributed by atoms with E-state index in [2.05, 4.69) is 36.7 Å². The minimum Gasteiger partial charge on any atom is -0.312 e. The lowest BCUT2D eigenvalue weighted by Crippen LogP contribution is -2.16. The van der Waals surface area contributed by atoms with Crippen LogP contribution in [0.1, 0.15) is 28.4 Å². The molecule has 0 aliphatic carbocycles. The summed E-state index contributed by atoms with van der Waals surface area (Å²) in [6, 6.07) is 14.0. The van der Waals surface area contributed by atoms with Gasteiger partial charge >= 0.3 is 0 Å². The number of allylic oxidation sites excluding steroid dienone is 1. The van der Waals surface area contributed by atoms with Gasteiger partial charge in [-0.25, -0.2) is 0 Å². The number of aromatic nitrogens is 1. The number of carbonyl (C=O) groups excluding carboxylic acids is 1. The smallest absolute Gasteiger partial charge is 0.279 e. The zero-order valence-corrected chi connectivity index (χ0v) is 14.8. The van der Waals surface area contributed by atoms with Gasteiger partial charge in [0, 0.05) is 12.1 Å². The number of fused-ring (bicyclic) bond motifs is 1. The fraction of sp³-hybridized carbons (Fsp3) is 0.200. The number of rotatable bonds is 4. The number of nitrogens with zero attached hydrogens (tertiary/aromatic N) is 2. The third-order valence-electron chi connectivity index (χ3n) is 4.04. The molecule has 0 N–H and O–H groups in total. The SMILES string of the molecule is C=CCn1c(=NC(=O)c2ccccc2C)sc2cc(CC)ccc21. The minimum atomic E-state index is -0.201. The van der Waals surface area contributed by atoms with Crippen molar-refractivity contribution in [1.29, 1.82) is 0 Å². The molecule has 1 heterocycles. The Morgan fingerprint density at radius 1 is 1.29 bits per heavy atom. The van der Waals surface area contributed by atoms with Crippen molar-refractivity contribution in [2.45, 2.75) is 26.8 Å². The standard InChI is InChI=1S/C20H20N2OS/c1-4-12-22-17-11-10-15(5-2)13-18(17)24-20(22)21-19(23)16-9-7-6-8-14(16)3/h4,6-11,13H,1,5,12H2,2-3H3. The molecule has 0 atom stereocenters. The maximum atomic E-state index is 12.6. The van der Waals surface area contributed by atoms with Gasteiger partial charge in [-0.2, -0.15) is 4.99 Å². The van der Waals surface area contributed by atoms with E-state index in [0.717, 1.165) is 22.2 Å². The van der Waals surface area contributed by atoms with Gasteiger partial charge in [-0.1, -0.05) is 48.6 Å². The van der Waals surface area contributed by atoms with E-state index < -0.39 is 0 Å². The Labute approximate surface area is 145 Å². The lowest BCUT2D eigenvalue weighted by molar-refractivity contribution is 0.0997. The van der Waals surface area contributed by atoms with Crippen molar-refractivity contribution < 1.29 is 4.79 Å². The molecular weight excluding hydrogens is 316 g/mol. The largest absolute Gasteiger partial charge is 0.312 e. The molecule has 24 heavy (non-hydrogen) atoms. The third kappa shape index (κ3) is 3.10. The van der Waals surface area contributed by atoms with Crippen molar-refractivity contribution in [2.24, 2.45) is 4.99 Å². The van der Waals surface area contributed by atoms with Crippen LogP contribution in [-0.2, 0) is 13.0 Å². The first-order chi connectivity index (χ1) is 11.6. The number of benzene rings is 2. The van der Waals surface area contributed by atoms with E-state index in [1.165, 1.54) is 5.56 Å². The van der Waals surface area contributed by atoms with Gasteiger partial charge in [0.1, 0.15) is 0 Å². The van der Waals surface area contributed by atoms with Gasteiger partial charge in [0.2, 0.25) is 0 Å². The first-order valence-corrected chi connectivity index (χ1v) is 8.83. The molecule has 122 valence electrons. The van der Waals surface area contributed by atoms with Crippen LogP contribution in [0.4, 0.5) is 0 Å². The molecule has 4 heteroatoms. The Kier molecular flexibility index (Phi) is 4.76. The molecule has 0 saturated heterocycles. The number of hydrogen-bond acceptors (Lipinski definition) is 2. The lowest BCUT2D eigenvalue weighted by Gasteiger charge is -2.02. The van der Waals surface area contributed by atoms with E-state index in [1.54, 1.807) is 11.3 Å². The van der Waals surface area contributed by atoms with Gasteiger partial charge < -0.3 is 4.57 Å². The number of aryl methyl sites for hydroxylation is 2. The normalized spacial score (nSPS) is 11.8. The molecule has 1 amide bonds. The summed E-state index contributed by atoms with van der Waals surface area (Å²) in [5, 5.41) is 0. The summed E-state index contributed by atoms with van der Waals surface area (Å²) < 4.78 is 3.19. The molecule has 0 aliphatic rings. The average molecular weight is 336 g/mol. The van der Waals surface area contributed by atoms with Crippen LogP contribution in [0, 0.1) is 6.92 Å². The maximum absolute atomic E-state index is 12.6. The summed E-state index contributed by atoms with van der Waals surface area (Å²) in [4.78, 5) is 17.7. The van der Waals surface area contributed by atoms with Crippen molar-refractivity contribution in [3.05, 3.63) is 76.6 Å². The summed E-state index contributed by atoms with van der Waals surface area (Å²) in [6.07, 6.45) is 2.82. The fourth-order valence-electron chi connectivity index (χ4n) is 2.69. The molecule has 1 aromatic heterocycles. The quantitative estimate of drug-likeness (QED) is 0.646. The Morgan fingerprint density at radius 2 is 2.08 bits per heavy atom. The van der Waals surface area contributed by atoms with Crippen molar-refractivity contribution in [1.82, 2.24) is 4.57 Å². The summed E-state index contributed by atoms with van der Waals surface area (Å²) in [7, 11) is 0. The number of thiazole rings is 1. The highest BCUT2D eigenvalue weighted by molar-refractivity contribution is 7.16. The molecule has 3 rings (SSSR count). The third-order valence-corrected chi connectivity index (χ3v) is 5.08. The Bertz CT molecular complexity index is 979. The Hall–Kier alpha value is -2.46. The molecule has 0 aliphatic heterocycles. The summed E-state index contributed by atoms with van der Waals surface area (Å²) >= 11 is 1.55. The molecule has 2 aromatic carbocycles. The molecule has 0 saturated carbocycles. The molecule has 3 aromatic rings. The van der Waals surface area contributed by atoms with Crippen LogP contribution in [-0.4, -0.2) is 10.5 Å². The Morgan fingerprint density at radius 3 is 2.79 bits per heavy atom. The second kappa shape index (κ2) is 6.97. The van der Waals surface area contributed by atoms with E-state index >= 15 is 0 Å². The summed E-state index contributed by atoms with van der Waals surface area (Å²) in [5.41, 5.74) is 3.96. The second-order valence-electron chi connectivity index (χ2n) is 5.67. The highest BCUT2D eigenvalue weighted by Gasteiger charge is 2.10. The van der Waals surface area contributed by atoms with Crippen LogP contribution < -0.4 is 4.80 Å². The number of amides is 1. The summed E-state index contributed by atoms with van der Waals surface area (Å²) in [5.74, 6) is -0.201. The van der Waals surface area contributed by atoms with Gasteiger partial charge in [0.15, 0.2) is 4.80 Å². The van der Waals surface area contributed by atoms with Crippen LogP contribution in [0.2, 0.25) is 0 Å². The molecule has 3 nitrogen and oxygen atoms in total. The minimum absolute atomic E-state index is 0.201. The highest BCUT2D eigenvalue weighted by atomic mass is 32.1. The van der Waals surface area contributed by atoms with Gasteiger partial charge in [0.25, 0.3) is 5.91 Å². The molecule has 0 fully saturated rings. The van der Waals surface area contributed by atoms with E-state index in [4.69, 9.17) is 0 Å². The van der Waals surface area contributed by atoms with E-state index in [-0.39, 0.29) is 5.91 Å². The van der Waals surface area contributed by atoms with Crippen molar-refractivity contribution >= 4 is 27.5 Å². The Balaban J connectivity index is 2.17. The molecule has 0 unspecified atom stereocenters. The zero-order valence-electron chi connectivity index (χ0n) is 14.0. The van der Waals surface area contributed by atoms with E-state index in [9.17, 15) is 4.79 Å². The zero-order chi connectivity index (χ0) is 17.1.